The fourth-order valence-electron chi connectivity index (χ4n) is 3.56. The number of nitrogens with zero attached hydrogens (tertiary/aromatic N) is 6. The highest BCUT2D eigenvalue weighted by atomic mass is 16.2. The lowest BCUT2D eigenvalue weighted by molar-refractivity contribution is 0.0746. The molecule has 4 rings (SSSR count). The fourth-order valence-corrected chi connectivity index (χ4v) is 3.56. The average molecular weight is 376 g/mol. The van der Waals surface area contributed by atoms with Crippen molar-refractivity contribution in [1.29, 1.82) is 0 Å². The van der Waals surface area contributed by atoms with E-state index in [4.69, 9.17) is 0 Å². The summed E-state index contributed by atoms with van der Waals surface area (Å²) < 4.78 is 1.80. The summed E-state index contributed by atoms with van der Waals surface area (Å²) in [7, 11) is 0. The first-order valence-electron chi connectivity index (χ1n) is 9.49. The molecule has 1 saturated heterocycles. The molecule has 2 aromatic heterocycles. The quantitative estimate of drug-likeness (QED) is 0.703. The van der Waals surface area contributed by atoms with E-state index in [0.29, 0.717) is 18.9 Å². The number of benzene rings is 1. The molecule has 3 heterocycles. The molecule has 1 fully saturated rings. The Hall–Kier alpha value is -3.22. The van der Waals surface area contributed by atoms with Crippen LogP contribution in [-0.4, -0.2) is 57.0 Å². The van der Waals surface area contributed by atoms with E-state index in [2.05, 4.69) is 20.2 Å². The van der Waals surface area contributed by atoms with Gasteiger partial charge in [0.15, 0.2) is 11.6 Å². The fraction of sp³-hybridized carbons (Fsp3) is 0.333. The van der Waals surface area contributed by atoms with Gasteiger partial charge in [0.05, 0.1) is 5.69 Å². The molecule has 1 aliphatic heterocycles. The van der Waals surface area contributed by atoms with Crippen molar-refractivity contribution < 1.29 is 4.79 Å². The Morgan fingerprint density at radius 3 is 2.21 bits per heavy atom. The molecular formula is C21H24N6O. The maximum absolute atomic E-state index is 12.7. The van der Waals surface area contributed by atoms with E-state index in [9.17, 15) is 4.79 Å². The summed E-state index contributed by atoms with van der Waals surface area (Å²) in [6, 6.07) is 13.7. The molecule has 7 nitrogen and oxygen atoms in total. The first-order valence-corrected chi connectivity index (χ1v) is 9.49. The molecule has 0 spiro atoms. The van der Waals surface area contributed by atoms with Crippen molar-refractivity contribution in [3.63, 3.8) is 0 Å². The maximum Gasteiger partial charge on any atom is 0.253 e. The lowest BCUT2D eigenvalue weighted by Gasteiger charge is -2.35. The van der Waals surface area contributed by atoms with Crippen molar-refractivity contribution in [3.8, 4) is 5.82 Å². The first-order chi connectivity index (χ1) is 13.5. The highest BCUT2D eigenvalue weighted by molar-refractivity contribution is 5.94. The first kappa shape index (κ1) is 18.2. The van der Waals surface area contributed by atoms with Gasteiger partial charge in [0.2, 0.25) is 0 Å². The van der Waals surface area contributed by atoms with Gasteiger partial charge in [-0.3, -0.25) is 4.79 Å². The van der Waals surface area contributed by atoms with E-state index in [1.807, 2.05) is 68.1 Å². The summed E-state index contributed by atoms with van der Waals surface area (Å²) in [4.78, 5) is 16.8. The van der Waals surface area contributed by atoms with Crippen LogP contribution in [0.3, 0.4) is 0 Å². The van der Waals surface area contributed by atoms with Crippen molar-refractivity contribution in [2.24, 2.45) is 0 Å². The maximum atomic E-state index is 12.7. The minimum atomic E-state index is 0.0920. The Labute approximate surface area is 164 Å². The third kappa shape index (κ3) is 3.60. The molecule has 7 heteroatoms. The SMILES string of the molecule is Cc1cccc(C(=O)N2CCN(c3ccc(-n4nc(C)cc4C)nn3)CC2)c1. The summed E-state index contributed by atoms with van der Waals surface area (Å²) in [5.41, 5.74) is 3.84. The molecular weight excluding hydrogens is 352 g/mol. The van der Waals surface area contributed by atoms with E-state index in [-0.39, 0.29) is 5.91 Å². The second kappa shape index (κ2) is 7.42. The highest BCUT2D eigenvalue weighted by Crippen LogP contribution is 2.17. The Kier molecular flexibility index (Phi) is 4.81. The number of piperazine rings is 1. The number of rotatable bonds is 3. The molecule has 0 N–H and O–H groups in total. The van der Waals surface area contributed by atoms with E-state index in [1.165, 1.54) is 0 Å². The molecule has 0 radical (unpaired) electrons. The largest absolute Gasteiger partial charge is 0.352 e. The standard InChI is InChI=1S/C21H24N6O/c1-15-5-4-6-18(13-15)21(28)26-11-9-25(10-12-26)19-7-8-20(23-22-19)27-17(3)14-16(2)24-27/h4-8,13-14H,9-12H2,1-3H3. The molecule has 0 saturated carbocycles. The number of hydrogen-bond acceptors (Lipinski definition) is 5. The molecule has 0 aliphatic carbocycles. The summed E-state index contributed by atoms with van der Waals surface area (Å²) >= 11 is 0. The molecule has 144 valence electrons. The summed E-state index contributed by atoms with van der Waals surface area (Å²) in [6.07, 6.45) is 0. The summed E-state index contributed by atoms with van der Waals surface area (Å²) in [6.45, 7) is 8.80. The van der Waals surface area contributed by atoms with Crippen molar-refractivity contribution in [2.75, 3.05) is 31.1 Å². The van der Waals surface area contributed by atoms with Gasteiger partial charge in [-0.1, -0.05) is 17.7 Å². The molecule has 1 aromatic carbocycles. The second-order valence-electron chi connectivity index (χ2n) is 7.24. The monoisotopic (exact) mass is 376 g/mol. The summed E-state index contributed by atoms with van der Waals surface area (Å²) in [5, 5.41) is 13.2. The Morgan fingerprint density at radius 1 is 0.893 bits per heavy atom. The van der Waals surface area contributed by atoms with Crippen LogP contribution >= 0.6 is 0 Å². The lowest BCUT2D eigenvalue weighted by atomic mass is 10.1. The zero-order valence-electron chi connectivity index (χ0n) is 16.5. The molecule has 3 aromatic rings. The van der Waals surface area contributed by atoms with Gasteiger partial charge in [0, 0.05) is 37.4 Å². The molecule has 0 unspecified atom stereocenters. The molecule has 0 atom stereocenters. The topological polar surface area (TPSA) is 67.2 Å². The molecule has 1 amide bonds. The van der Waals surface area contributed by atoms with Gasteiger partial charge in [-0.05, 0) is 51.1 Å². The van der Waals surface area contributed by atoms with E-state index < -0.39 is 0 Å². The van der Waals surface area contributed by atoms with Crippen molar-refractivity contribution in [3.05, 3.63) is 65.0 Å². The van der Waals surface area contributed by atoms with Crippen LogP contribution in [0.15, 0.2) is 42.5 Å². The number of aryl methyl sites for hydroxylation is 3. The minimum absolute atomic E-state index is 0.0920. The normalized spacial score (nSPS) is 14.4. The van der Waals surface area contributed by atoms with E-state index in [0.717, 1.165) is 41.4 Å². The van der Waals surface area contributed by atoms with E-state index in [1.54, 1.807) is 4.68 Å². The number of carbonyl (C=O) groups is 1. The highest BCUT2D eigenvalue weighted by Gasteiger charge is 2.23. The van der Waals surface area contributed by atoms with Crippen LogP contribution in [0, 0.1) is 20.8 Å². The van der Waals surface area contributed by atoms with Crippen molar-refractivity contribution >= 4 is 11.7 Å². The van der Waals surface area contributed by atoms with Crippen LogP contribution in [0.2, 0.25) is 0 Å². The van der Waals surface area contributed by atoms with Crippen LogP contribution in [0.4, 0.5) is 5.82 Å². The Bertz CT molecular complexity index is 986. The predicted molar refractivity (Wildman–Crippen MR) is 108 cm³/mol. The predicted octanol–water partition coefficient (Wildman–Crippen LogP) is 2.55. The van der Waals surface area contributed by atoms with Crippen molar-refractivity contribution in [1.82, 2.24) is 24.9 Å². The third-order valence-electron chi connectivity index (χ3n) is 5.02. The zero-order valence-corrected chi connectivity index (χ0v) is 16.5. The Balaban J connectivity index is 1.41. The summed E-state index contributed by atoms with van der Waals surface area (Å²) in [5.74, 6) is 1.63. The lowest BCUT2D eigenvalue weighted by Crippen LogP contribution is -2.49. The number of amides is 1. The number of carbonyl (C=O) groups excluding carboxylic acids is 1. The number of aromatic nitrogens is 4. The van der Waals surface area contributed by atoms with Gasteiger partial charge in [-0.15, -0.1) is 10.2 Å². The Morgan fingerprint density at radius 2 is 1.61 bits per heavy atom. The van der Waals surface area contributed by atoms with Gasteiger partial charge in [-0.2, -0.15) is 5.10 Å². The average Bonchev–Trinajstić information content (AvgIpc) is 3.06. The second-order valence-corrected chi connectivity index (χ2v) is 7.24. The van der Waals surface area contributed by atoms with Gasteiger partial charge in [-0.25, -0.2) is 4.68 Å². The van der Waals surface area contributed by atoms with Crippen LogP contribution in [0.1, 0.15) is 27.3 Å². The minimum Gasteiger partial charge on any atom is -0.352 e. The van der Waals surface area contributed by atoms with Crippen LogP contribution < -0.4 is 4.90 Å². The van der Waals surface area contributed by atoms with Gasteiger partial charge in [0.1, 0.15) is 0 Å². The zero-order chi connectivity index (χ0) is 19.7. The third-order valence-corrected chi connectivity index (χ3v) is 5.02. The van der Waals surface area contributed by atoms with Crippen LogP contribution in [-0.2, 0) is 0 Å². The molecule has 1 aliphatic rings. The van der Waals surface area contributed by atoms with Gasteiger partial charge >= 0.3 is 0 Å². The number of anilines is 1. The van der Waals surface area contributed by atoms with E-state index >= 15 is 0 Å². The smallest absolute Gasteiger partial charge is 0.253 e. The van der Waals surface area contributed by atoms with Gasteiger partial charge in [0.25, 0.3) is 5.91 Å². The molecule has 0 bridgehead atoms. The number of hydrogen-bond donors (Lipinski definition) is 0. The van der Waals surface area contributed by atoms with Crippen molar-refractivity contribution in [2.45, 2.75) is 20.8 Å². The molecule has 28 heavy (non-hydrogen) atoms. The van der Waals surface area contributed by atoms with Gasteiger partial charge < -0.3 is 9.80 Å². The van der Waals surface area contributed by atoms with Crippen LogP contribution in [0.5, 0.6) is 0 Å². The van der Waals surface area contributed by atoms with Crippen LogP contribution in [0.25, 0.3) is 5.82 Å².